The van der Waals surface area contributed by atoms with Gasteiger partial charge in [-0.25, -0.2) is 4.31 Å². The molecule has 0 radical (unpaired) electrons. The molecular formula is C8H11ClN2S2. The maximum absolute atomic E-state index is 5.85. The molecule has 1 aromatic rings. The van der Waals surface area contributed by atoms with Crippen LogP contribution in [-0.4, -0.2) is 30.5 Å². The Bertz CT molecular complexity index is 271. The van der Waals surface area contributed by atoms with Crippen molar-refractivity contribution >= 4 is 34.9 Å². The van der Waals surface area contributed by atoms with Crippen molar-refractivity contribution in [3.8, 4) is 0 Å². The molecule has 1 saturated heterocycles. The predicted octanol–water partition coefficient (Wildman–Crippen LogP) is 2.31. The van der Waals surface area contributed by atoms with Gasteiger partial charge < -0.3 is 5.32 Å². The SMILES string of the molecule is Clc1ccc(SN2CCNCC2)s1. The van der Waals surface area contributed by atoms with E-state index in [-0.39, 0.29) is 0 Å². The summed E-state index contributed by atoms with van der Waals surface area (Å²) in [5.41, 5.74) is 0. The first-order valence-corrected chi connectivity index (χ1v) is 6.20. The van der Waals surface area contributed by atoms with Gasteiger partial charge in [0.1, 0.15) is 0 Å². The zero-order valence-corrected chi connectivity index (χ0v) is 9.51. The molecule has 1 aliphatic heterocycles. The molecule has 0 aliphatic carbocycles. The number of nitrogens with zero attached hydrogens (tertiary/aromatic N) is 1. The molecule has 5 heteroatoms. The number of halogens is 1. The number of nitrogens with one attached hydrogen (secondary N) is 1. The highest BCUT2D eigenvalue weighted by molar-refractivity contribution is 7.99. The van der Waals surface area contributed by atoms with Crippen LogP contribution in [0.4, 0.5) is 0 Å². The minimum atomic E-state index is 0.873. The van der Waals surface area contributed by atoms with E-state index in [9.17, 15) is 0 Å². The van der Waals surface area contributed by atoms with Crippen LogP contribution in [0.2, 0.25) is 4.34 Å². The first kappa shape index (κ1) is 9.80. The summed E-state index contributed by atoms with van der Waals surface area (Å²) in [4.78, 5) is 0. The van der Waals surface area contributed by atoms with Crippen LogP contribution in [0.25, 0.3) is 0 Å². The molecule has 1 N–H and O–H groups in total. The lowest BCUT2D eigenvalue weighted by Gasteiger charge is -2.25. The molecule has 0 saturated carbocycles. The Labute approximate surface area is 91.4 Å². The lowest BCUT2D eigenvalue weighted by molar-refractivity contribution is 0.397. The Morgan fingerprint density at radius 3 is 2.77 bits per heavy atom. The van der Waals surface area contributed by atoms with Crippen molar-refractivity contribution in [1.29, 1.82) is 0 Å². The van der Waals surface area contributed by atoms with Crippen molar-refractivity contribution in [1.82, 2.24) is 9.62 Å². The van der Waals surface area contributed by atoms with E-state index in [1.807, 2.05) is 18.0 Å². The topological polar surface area (TPSA) is 15.3 Å². The molecule has 0 spiro atoms. The summed E-state index contributed by atoms with van der Waals surface area (Å²) in [5, 5.41) is 3.33. The van der Waals surface area contributed by atoms with Gasteiger partial charge in [-0.05, 0) is 24.1 Å². The molecule has 1 aliphatic rings. The van der Waals surface area contributed by atoms with Gasteiger partial charge in [0.2, 0.25) is 0 Å². The summed E-state index contributed by atoms with van der Waals surface area (Å²) in [6.45, 7) is 4.40. The van der Waals surface area contributed by atoms with E-state index in [1.165, 1.54) is 4.21 Å². The highest BCUT2D eigenvalue weighted by atomic mass is 35.5. The van der Waals surface area contributed by atoms with Crippen molar-refractivity contribution in [2.24, 2.45) is 0 Å². The fourth-order valence-electron chi connectivity index (χ4n) is 1.21. The summed E-state index contributed by atoms with van der Waals surface area (Å²) < 4.78 is 4.53. The van der Waals surface area contributed by atoms with Crippen LogP contribution >= 0.6 is 34.9 Å². The van der Waals surface area contributed by atoms with E-state index in [0.29, 0.717) is 0 Å². The number of rotatable bonds is 2. The highest BCUT2D eigenvalue weighted by Gasteiger charge is 2.11. The fourth-order valence-corrected chi connectivity index (χ4v) is 3.61. The van der Waals surface area contributed by atoms with E-state index in [1.54, 1.807) is 11.3 Å². The number of piperazine rings is 1. The van der Waals surface area contributed by atoms with Crippen LogP contribution in [0.1, 0.15) is 0 Å². The smallest absolute Gasteiger partial charge is 0.0940 e. The average Bonchev–Trinajstić information content (AvgIpc) is 2.53. The molecule has 0 bridgehead atoms. The highest BCUT2D eigenvalue weighted by Crippen LogP contribution is 2.32. The van der Waals surface area contributed by atoms with Gasteiger partial charge in [0.15, 0.2) is 0 Å². The number of thiophene rings is 1. The summed E-state index contributed by atoms with van der Waals surface area (Å²) in [7, 11) is 0. The first-order chi connectivity index (χ1) is 6.34. The van der Waals surface area contributed by atoms with Crippen molar-refractivity contribution in [3.05, 3.63) is 16.5 Å². The molecule has 2 nitrogen and oxygen atoms in total. The van der Waals surface area contributed by atoms with Gasteiger partial charge in [0, 0.05) is 26.2 Å². The molecule has 2 rings (SSSR count). The van der Waals surface area contributed by atoms with Crippen LogP contribution in [0, 0.1) is 0 Å². The zero-order valence-electron chi connectivity index (χ0n) is 7.12. The average molecular weight is 235 g/mol. The van der Waals surface area contributed by atoms with Crippen LogP contribution in [-0.2, 0) is 0 Å². The van der Waals surface area contributed by atoms with Crippen molar-refractivity contribution in [2.45, 2.75) is 4.21 Å². The van der Waals surface area contributed by atoms with Crippen LogP contribution < -0.4 is 5.32 Å². The minimum Gasteiger partial charge on any atom is -0.314 e. The summed E-state index contributed by atoms with van der Waals surface area (Å²) >= 11 is 9.31. The summed E-state index contributed by atoms with van der Waals surface area (Å²) in [5.74, 6) is 0. The van der Waals surface area contributed by atoms with Crippen LogP contribution in [0.5, 0.6) is 0 Å². The lowest BCUT2D eigenvalue weighted by Crippen LogP contribution is -2.39. The number of hydrogen-bond donors (Lipinski definition) is 1. The van der Waals surface area contributed by atoms with Crippen molar-refractivity contribution < 1.29 is 0 Å². The van der Waals surface area contributed by atoms with Gasteiger partial charge in [-0.15, -0.1) is 11.3 Å². The standard InChI is InChI=1S/C8H11ClN2S2/c9-7-1-2-8(12-7)13-11-5-3-10-4-6-11/h1-2,10H,3-6H2. The quantitative estimate of drug-likeness (QED) is 0.791. The van der Waals surface area contributed by atoms with Crippen LogP contribution in [0.3, 0.4) is 0 Å². The second-order valence-electron chi connectivity index (χ2n) is 2.83. The summed E-state index contributed by atoms with van der Waals surface area (Å²) in [6.07, 6.45) is 0. The molecule has 0 amide bonds. The monoisotopic (exact) mass is 234 g/mol. The summed E-state index contributed by atoms with van der Waals surface area (Å²) in [6, 6.07) is 4.04. The largest absolute Gasteiger partial charge is 0.314 e. The third-order valence-electron chi connectivity index (χ3n) is 1.84. The Morgan fingerprint density at radius 1 is 1.38 bits per heavy atom. The van der Waals surface area contributed by atoms with E-state index in [0.717, 1.165) is 30.5 Å². The molecule has 72 valence electrons. The Morgan fingerprint density at radius 2 is 2.15 bits per heavy atom. The molecular weight excluding hydrogens is 224 g/mol. The normalized spacial score (nSPS) is 19.2. The molecule has 0 unspecified atom stereocenters. The van der Waals surface area contributed by atoms with E-state index in [2.05, 4.69) is 15.7 Å². The molecule has 13 heavy (non-hydrogen) atoms. The lowest BCUT2D eigenvalue weighted by atomic mass is 10.4. The van der Waals surface area contributed by atoms with Gasteiger partial charge in [0.25, 0.3) is 0 Å². The van der Waals surface area contributed by atoms with Gasteiger partial charge in [-0.2, -0.15) is 0 Å². The third-order valence-corrected chi connectivity index (χ3v) is 4.28. The van der Waals surface area contributed by atoms with Gasteiger partial charge in [-0.1, -0.05) is 11.6 Å². The van der Waals surface area contributed by atoms with E-state index >= 15 is 0 Å². The van der Waals surface area contributed by atoms with Gasteiger partial charge in [0.05, 0.1) is 8.55 Å². The van der Waals surface area contributed by atoms with Gasteiger partial charge >= 0.3 is 0 Å². The second kappa shape index (κ2) is 4.66. The van der Waals surface area contributed by atoms with Crippen LogP contribution in [0.15, 0.2) is 16.3 Å². The van der Waals surface area contributed by atoms with Crippen molar-refractivity contribution in [2.75, 3.05) is 26.2 Å². The predicted molar refractivity (Wildman–Crippen MR) is 59.6 cm³/mol. The molecule has 1 aromatic heterocycles. The van der Waals surface area contributed by atoms with Crippen molar-refractivity contribution in [3.63, 3.8) is 0 Å². The molecule has 0 atom stereocenters. The minimum absolute atomic E-state index is 0.873. The maximum atomic E-state index is 5.85. The van der Waals surface area contributed by atoms with E-state index in [4.69, 9.17) is 11.6 Å². The molecule has 2 heterocycles. The second-order valence-corrected chi connectivity index (χ2v) is 5.94. The molecule has 1 fully saturated rings. The Balaban J connectivity index is 1.89. The van der Waals surface area contributed by atoms with Gasteiger partial charge in [-0.3, -0.25) is 0 Å². The van der Waals surface area contributed by atoms with E-state index < -0.39 is 0 Å². The Hall–Kier alpha value is 0.260. The first-order valence-electron chi connectivity index (χ1n) is 4.23. The Kier molecular flexibility index (Phi) is 3.51. The third kappa shape index (κ3) is 2.86. The molecule has 0 aromatic carbocycles. The fraction of sp³-hybridized carbons (Fsp3) is 0.500. The zero-order chi connectivity index (χ0) is 9.10. The number of hydrogen-bond acceptors (Lipinski definition) is 4. The maximum Gasteiger partial charge on any atom is 0.0940 e.